The average Bonchev–Trinajstić information content (AvgIpc) is 3.14. The molecular weight excluding hydrogens is 380 g/mol. The predicted octanol–water partition coefficient (Wildman–Crippen LogP) is 3.16. The number of aromatic nitrogens is 5. The summed E-state index contributed by atoms with van der Waals surface area (Å²) in [4.78, 5) is 10.5. The van der Waals surface area contributed by atoms with Crippen molar-refractivity contribution in [3.63, 3.8) is 0 Å². The molecule has 3 heterocycles. The van der Waals surface area contributed by atoms with E-state index >= 15 is 0 Å². The summed E-state index contributed by atoms with van der Waals surface area (Å²) >= 11 is 6.04. The van der Waals surface area contributed by atoms with Gasteiger partial charge in [-0.05, 0) is 37.3 Å². The maximum Gasteiger partial charge on any atom is 0.323 e. The number of anilines is 1. The van der Waals surface area contributed by atoms with E-state index in [0.29, 0.717) is 23.7 Å². The molecule has 9 heteroatoms. The quantitative estimate of drug-likeness (QED) is 0.628. The van der Waals surface area contributed by atoms with Crippen LogP contribution < -0.4 is 14.4 Å². The lowest BCUT2D eigenvalue weighted by atomic mass is 10.1. The van der Waals surface area contributed by atoms with Crippen LogP contribution in [0.3, 0.4) is 0 Å². The maximum absolute atomic E-state index is 6.04. The van der Waals surface area contributed by atoms with Crippen molar-refractivity contribution in [2.45, 2.75) is 25.9 Å². The summed E-state index contributed by atoms with van der Waals surface area (Å²) < 4.78 is 13.5. The standard InChI is InChI=1S/C19H21ClN6O2/c1-2-27-19-24-23-18(26(19)15-6-4-14(20)5-7-15)25-12-8-16(9-13-25)28-17-21-10-3-11-22-17/h3-7,10-11,16H,2,8-9,12-13H2,1H3. The number of hydrogen-bond acceptors (Lipinski definition) is 7. The van der Waals surface area contributed by atoms with Crippen LogP contribution in [0.25, 0.3) is 5.69 Å². The SMILES string of the molecule is CCOc1nnc(N2CCC(Oc3ncccn3)CC2)n1-c1ccc(Cl)cc1. The Hall–Kier alpha value is -2.87. The van der Waals surface area contributed by atoms with Crippen molar-refractivity contribution in [2.24, 2.45) is 0 Å². The highest BCUT2D eigenvalue weighted by Crippen LogP contribution is 2.28. The summed E-state index contributed by atoms with van der Waals surface area (Å²) in [5, 5.41) is 9.29. The second-order valence-corrected chi connectivity index (χ2v) is 6.80. The zero-order chi connectivity index (χ0) is 19.3. The Morgan fingerprint density at radius 3 is 2.46 bits per heavy atom. The lowest BCUT2D eigenvalue weighted by Gasteiger charge is -2.32. The third-order valence-electron chi connectivity index (χ3n) is 4.51. The second-order valence-electron chi connectivity index (χ2n) is 6.36. The molecule has 0 unspecified atom stereocenters. The summed E-state index contributed by atoms with van der Waals surface area (Å²) in [6, 6.07) is 10.2. The molecule has 0 bridgehead atoms. The molecule has 0 N–H and O–H groups in total. The monoisotopic (exact) mass is 400 g/mol. The first-order chi connectivity index (χ1) is 13.7. The second kappa shape index (κ2) is 8.43. The van der Waals surface area contributed by atoms with Gasteiger partial charge in [-0.15, -0.1) is 5.10 Å². The van der Waals surface area contributed by atoms with Gasteiger partial charge in [0.2, 0.25) is 5.95 Å². The van der Waals surface area contributed by atoms with Gasteiger partial charge in [-0.1, -0.05) is 16.7 Å². The molecule has 28 heavy (non-hydrogen) atoms. The topological polar surface area (TPSA) is 78.2 Å². The van der Waals surface area contributed by atoms with Crippen molar-refractivity contribution < 1.29 is 9.47 Å². The van der Waals surface area contributed by atoms with Crippen LogP contribution in [0.4, 0.5) is 5.95 Å². The van der Waals surface area contributed by atoms with E-state index in [-0.39, 0.29) is 6.10 Å². The fourth-order valence-electron chi connectivity index (χ4n) is 3.17. The minimum absolute atomic E-state index is 0.0805. The molecule has 0 radical (unpaired) electrons. The minimum Gasteiger partial charge on any atom is -0.464 e. The van der Waals surface area contributed by atoms with E-state index in [1.54, 1.807) is 18.5 Å². The first-order valence-electron chi connectivity index (χ1n) is 9.27. The van der Waals surface area contributed by atoms with E-state index in [1.165, 1.54) is 0 Å². The van der Waals surface area contributed by atoms with E-state index < -0.39 is 0 Å². The first-order valence-corrected chi connectivity index (χ1v) is 9.65. The Labute approximate surface area is 168 Å². The third kappa shape index (κ3) is 4.01. The Bertz CT molecular complexity index is 895. The molecule has 1 aliphatic rings. The number of nitrogens with zero attached hydrogens (tertiary/aromatic N) is 6. The summed E-state index contributed by atoms with van der Waals surface area (Å²) in [6.07, 6.45) is 5.13. The van der Waals surface area contributed by atoms with Crippen LogP contribution in [0.15, 0.2) is 42.7 Å². The smallest absolute Gasteiger partial charge is 0.323 e. The van der Waals surface area contributed by atoms with Gasteiger partial charge in [-0.25, -0.2) is 14.5 Å². The summed E-state index contributed by atoms with van der Waals surface area (Å²) in [5.74, 6) is 0.750. The number of hydrogen-bond donors (Lipinski definition) is 0. The minimum atomic E-state index is 0.0805. The van der Waals surface area contributed by atoms with Gasteiger partial charge in [-0.2, -0.15) is 0 Å². The van der Waals surface area contributed by atoms with Gasteiger partial charge in [0.25, 0.3) is 0 Å². The largest absolute Gasteiger partial charge is 0.464 e. The summed E-state index contributed by atoms with van der Waals surface area (Å²) in [5.41, 5.74) is 0.906. The number of halogens is 1. The highest BCUT2D eigenvalue weighted by atomic mass is 35.5. The molecule has 0 spiro atoms. The average molecular weight is 401 g/mol. The molecule has 3 aromatic rings. The predicted molar refractivity (Wildman–Crippen MR) is 105 cm³/mol. The van der Waals surface area contributed by atoms with Gasteiger partial charge >= 0.3 is 12.0 Å². The number of rotatable bonds is 6. The highest BCUT2D eigenvalue weighted by Gasteiger charge is 2.26. The zero-order valence-corrected chi connectivity index (χ0v) is 16.3. The van der Waals surface area contributed by atoms with E-state index in [0.717, 1.165) is 37.6 Å². The van der Waals surface area contributed by atoms with Crippen molar-refractivity contribution in [1.82, 2.24) is 24.7 Å². The van der Waals surface area contributed by atoms with Crippen molar-refractivity contribution >= 4 is 17.5 Å². The van der Waals surface area contributed by atoms with Gasteiger partial charge in [-0.3, -0.25) is 0 Å². The van der Waals surface area contributed by atoms with Crippen LogP contribution in [0.2, 0.25) is 5.02 Å². The molecule has 1 aromatic carbocycles. The molecule has 8 nitrogen and oxygen atoms in total. The lowest BCUT2D eigenvalue weighted by Crippen LogP contribution is -2.39. The third-order valence-corrected chi connectivity index (χ3v) is 4.77. The van der Waals surface area contributed by atoms with Crippen molar-refractivity contribution in [2.75, 3.05) is 24.6 Å². The molecule has 1 fully saturated rings. The number of benzene rings is 1. The van der Waals surface area contributed by atoms with E-state index in [2.05, 4.69) is 25.1 Å². The first kappa shape index (κ1) is 18.5. The van der Waals surface area contributed by atoms with Crippen LogP contribution in [0, 0.1) is 0 Å². The van der Waals surface area contributed by atoms with Gasteiger partial charge in [0.15, 0.2) is 0 Å². The van der Waals surface area contributed by atoms with E-state index in [9.17, 15) is 0 Å². The molecule has 146 valence electrons. The molecule has 0 aliphatic carbocycles. The molecule has 0 saturated carbocycles. The fourth-order valence-corrected chi connectivity index (χ4v) is 3.30. The van der Waals surface area contributed by atoms with E-state index in [4.69, 9.17) is 21.1 Å². The molecule has 1 saturated heterocycles. The molecule has 0 amide bonds. The normalized spacial score (nSPS) is 14.9. The van der Waals surface area contributed by atoms with E-state index in [1.807, 2.05) is 35.8 Å². The fraction of sp³-hybridized carbons (Fsp3) is 0.368. The highest BCUT2D eigenvalue weighted by molar-refractivity contribution is 6.30. The molecule has 2 aromatic heterocycles. The van der Waals surface area contributed by atoms with Crippen molar-refractivity contribution in [3.05, 3.63) is 47.7 Å². The lowest BCUT2D eigenvalue weighted by molar-refractivity contribution is 0.156. The summed E-state index contributed by atoms with van der Waals surface area (Å²) in [7, 11) is 0. The van der Waals surface area contributed by atoms with Gasteiger partial charge in [0, 0.05) is 43.3 Å². The van der Waals surface area contributed by atoms with Gasteiger partial charge in [0.1, 0.15) is 6.10 Å². The van der Waals surface area contributed by atoms with Crippen LogP contribution >= 0.6 is 11.6 Å². The Kier molecular flexibility index (Phi) is 5.57. The molecule has 1 aliphatic heterocycles. The Balaban J connectivity index is 1.51. The maximum atomic E-state index is 6.04. The van der Waals surface area contributed by atoms with Crippen molar-refractivity contribution in [1.29, 1.82) is 0 Å². The van der Waals surface area contributed by atoms with Gasteiger partial charge < -0.3 is 14.4 Å². The van der Waals surface area contributed by atoms with Crippen molar-refractivity contribution in [3.8, 4) is 17.7 Å². The van der Waals surface area contributed by atoms with Crippen LogP contribution in [-0.4, -0.2) is 50.5 Å². The summed E-state index contributed by atoms with van der Waals surface area (Å²) in [6.45, 7) is 4.01. The molecule has 4 rings (SSSR count). The Morgan fingerprint density at radius 2 is 1.79 bits per heavy atom. The molecular formula is C19H21ClN6O2. The number of piperidine rings is 1. The van der Waals surface area contributed by atoms with Crippen LogP contribution in [0.5, 0.6) is 12.0 Å². The Morgan fingerprint density at radius 1 is 1.07 bits per heavy atom. The zero-order valence-electron chi connectivity index (χ0n) is 15.5. The van der Waals surface area contributed by atoms with Crippen LogP contribution in [-0.2, 0) is 0 Å². The van der Waals surface area contributed by atoms with Crippen LogP contribution in [0.1, 0.15) is 19.8 Å². The van der Waals surface area contributed by atoms with Gasteiger partial charge in [0.05, 0.1) is 12.3 Å². The number of ether oxygens (including phenoxy) is 2. The molecule has 0 atom stereocenters.